The van der Waals surface area contributed by atoms with Crippen molar-refractivity contribution in [2.75, 3.05) is 37.2 Å². The summed E-state index contributed by atoms with van der Waals surface area (Å²) >= 11 is -2.93. The van der Waals surface area contributed by atoms with Gasteiger partial charge in [0.05, 0.1) is 42.1 Å². The minimum absolute atomic E-state index is 0.00556. The number of carboxylic acids is 1. The van der Waals surface area contributed by atoms with Gasteiger partial charge in [-0.05, 0) is 36.4 Å². The highest BCUT2D eigenvalue weighted by atomic mass is 32.2. The van der Waals surface area contributed by atoms with Crippen LogP contribution in [0.1, 0.15) is 21.7 Å². The predicted molar refractivity (Wildman–Crippen MR) is 129 cm³/mol. The second-order valence-corrected chi connectivity index (χ2v) is 9.02. The Morgan fingerprint density at radius 1 is 1.17 bits per heavy atom. The highest BCUT2D eigenvalue weighted by Crippen LogP contribution is 2.45. The molecule has 0 amide bonds. The highest BCUT2D eigenvalue weighted by Gasteiger charge is 2.30. The van der Waals surface area contributed by atoms with E-state index in [-0.39, 0.29) is 34.9 Å². The van der Waals surface area contributed by atoms with Crippen LogP contribution in [0.15, 0.2) is 53.2 Å². The summed E-state index contributed by atoms with van der Waals surface area (Å²) in [4.78, 5) is 14.5. The molecule has 1 aromatic heterocycles. The SMILES string of the molecule is O=C(O)c1c(N(c2ccc(F)cc2C=CCN2CCOCC2)S(=O)[O-])ccc2c1OCc1occc1-2. The van der Waals surface area contributed by atoms with Gasteiger partial charge in [0.2, 0.25) is 0 Å². The molecule has 1 saturated heterocycles. The summed E-state index contributed by atoms with van der Waals surface area (Å²) in [6.07, 6.45) is 4.91. The van der Waals surface area contributed by atoms with E-state index < -0.39 is 23.1 Å². The van der Waals surface area contributed by atoms with E-state index in [1.807, 2.05) is 6.08 Å². The molecule has 1 N–H and O–H groups in total. The lowest BCUT2D eigenvalue weighted by atomic mass is 9.98. The van der Waals surface area contributed by atoms with Gasteiger partial charge in [-0.2, -0.15) is 0 Å². The molecule has 1 unspecified atom stereocenters. The van der Waals surface area contributed by atoms with Crippen LogP contribution in [0.5, 0.6) is 5.75 Å². The normalized spacial score (nSPS) is 16.3. The zero-order chi connectivity index (χ0) is 25.2. The minimum Gasteiger partial charge on any atom is -0.755 e. The zero-order valence-electron chi connectivity index (χ0n) is 19.0. The summed E-state index contributed by atoms with van der Waals surface area (Å²) in [5.41, 5.74) is 1.08. The molecule has 3 aromatic rings. The van der Waals surface area contributed by atoms with Gasteiger partial charge in [0, 0.05) is 36.3 Å². The molecular weight excluding hydrogens is 491 g/mol. The maximum Gasteiger partial charge on any atom is 0.341 e. The first-order chi connectivity index (χ1) is 17.4. The third-order valence-corrected chi connectivity index (χ3v) is 6.77. The molecule has 0 saturated carbocycles. The Morgan fingerprint density at radius 2 is 1.94 bits per heavy atom. The number of furan rings is 1. The van der Waals surface area contributed by atoms with Crippen molar-refractivity contribution in [1.82, 2.24) is 4.90 Å². The molecule has 1 fully saturated rings. The maximum atomic E-state index is 14.2. The molecule has 2 aromatic carbocycles. The number of rotatable bonds is 7. The zero-order valence-corrected chi connectivity index (χ0v) is 19.8. The number of hydrogen-bond acceptors (Lipinski definition) is 7. The fraction of sp³-hybridized carbons (Fsp3) is 0.240. The molecule has 0 spiro atoms. The Hall–Kier alpha value is -3.51. The van der Waals surface area contributed by atoms with E-state index in [1.54, 1.807) is 18.2 Å². The Bertz CT molecular complexity index is 1350. The van der Waals surface area contributed by atoms with E-state index in [9.17, 15) is 23.1 Å². The monoisotopic (exact) mass is 513 g/mol. The van der Waals surface area contributed by atoms with Crippen molar-refractivity contribution in [3.05, 3.63) is 71.4 Å². The van der Waals surface area contributed by atoms with Crippen molar-refractivity contribution in [2.24, 2.45) is 0 Å². The van der Waals surface area contributed by atoms with Gasteiger partial charge in [0.1, 0.15) is 29.5 Å². The minimum atomic E-state index is -2.93. The van der Waals surface area contributed by atoms with Crippen molar-refractivity contribution in [2.45, 2.75) is 6.61 Å². The van der Waals surface area contributed by atoms with Crippen LogP contribution < -0.4 is 9.04 Å². The molecule has 0 bridgehead atoms. The molecule has 188 valence electrons. The summed E-state index contributed by atoms with van der Waals surface area (Å²) in [5.74, 6) is -1.34. The average Bonchev–Trinajstić information content (AvgIpc) is 3.35. The topological polar surface area (TPSA) is 116 Å². The van der Waals surface area contributed by atoms with Gasteiger partial charge in [-0.25, -0.2) is 9.18 Å². The van der Waals surface area contributed by atoms with Crippen LogP contribution in [0, 0.1) is 5.82 Å². The van der Waals surface area contributed by atoms with Crippen LogP contribution in [0.3, 0.4) is 0 Å². The average molecular weight is 514 g/mol. The Morgan fingerprint density at radius 3 is 2.69 bits per heavy atom. The third kappa shape index (κ3) is 4.65. The molecule has 5 rings (SSSR count). The van der Waals surface area contributed by atoms with E-state index in [0.29, 0.717) is 36.6 Å². The number of carbonyl (C=O) groups is 1. The first-order valence-corrected chi connectivity index (χ1v) is 12.2. The largest absolute Gasteiger partial charge is 0.755 e. The van der Waals surface area contributed by atoms with Crippen molar-refractivity contribution in [1.29, 1.82) is 0 Å². The van der Waals surface area contributed by atoms with Gasteiger partial charge in [-0.3, -0.25) is 13.4 Å². The van der Waals surface area contributed by atoms with Gasteiger partial charge in [-0.1, -0.05) is 12.2 Å². The van der Waals surface area contributed by atoms with E-state index in [2.05, 4.69) is 4.90 Å². The fourth-order valence-corrected chi connectivity index (χ4v) is 5.03. The number of morpholine rings is 1. The molecule has 11 heteroatoms. The Balaban J connectivity index is 1.58. The number of benzene rings is 2. The number of aromatic carboxylic acids is 1. The molecule has 9 nitrogen and oxygen atoms in total. The number of ether oxygens (including phenoxy) is 2. The molecular formula is C25H22FN2O7S-. The van der Waals surface area contributed by atoms with E-state index in [1.165, 1.54) is 24.5 Å². The van der Waals surface area contributed by atoms with E-state index in [4.69, 9.17) is 13.9 Å². The Labute approximate surface area is 208 Å². The first kappa shape index (κ1) is 24.2. The summed E-state index contributed by atoms with van der Waals surface area (Å²) in [6.45, 7) is 3.34. The molecule has 2 aliphatic rings. The molecule has 1 atom stereocenters. The summed E-state index contributed by atoms with van der Waals surface area (Å²) in [7, 11) is 0. The van der Waals surface area contributed by atoms with E-state index >= 15 is 0 Å². The molecule has 0 aliphatic carbocycles. The first-order valence-electron chi connectivity index (χ1n) is 11.2. The van der Waals surface area contributed by atoms with Crippen molar-refractivity contribution in [3.63, 3.8) is 0 Å². The van der Waals surface area contributed by atoms with Crippen LogP contribution in [-0.4, -0.2) is 57.6 Å². The summed E-state index contributed by atoms with van der Waals surface area (Å²) in [5, 5.41) is 10.1. The lowest BCUT2D eigenvalue weighted by Crippen LogP contribution is -2.36. The van der Waals surface area contributed by atoms with Crippen LogP contribution in [0.2, 0.25) is 0 Å². The smallest absolute Gasteiger partial charge is 0.341 e. The summed E-state index contributed by atoms with van der Waals surface area (Å²) in [6, 6.07) is 8.32. The van der Waals surface area contributed by atoms with Crippen LogP contribution >= 0.6 is 0 Å². The van der Waals surface area contributed by atoms with Gasteiger partial charge < -0.3 is 23.6 Å². The number of anilines is 2. The molecule has 0 radical (unpaired) electrons. The van der Waals surface area contributed by atoms with Crippen LogP contribution in [0.25, 0.3) is 17.2 Å². The van der Waals surface area contributed by atoms with Crippen molar-refractivity contribution >= 4 is 34.7 Å². The summed E-state index contributed by atoms with van der Waals surface area (Å²) < 4.78 is 56.4. The number of hydrogen-bond donors (Lipinski definition) is 1. The lowest BCUT2D eigenvalue weighted by molar-refractivity contribution is 0.0435. The Kier molecular flexibility index (Phi) is 6.88. The lowest BCUT2D eigenvalue weighted by Gasteiger charge is -2.31. The van der Waals surface area contributed by atoms with Crippen LogP contribution in [0.4, 0.5) is 15.8 Å². The maximum absolute atomic E-state index is 14.2. The standard InChI is InChI=1S/C25H23FN2O7S/c26-17-3-5-20(16(14-17)2-1-8-27-9-12-33-13-10-27)28(36(31)32)21-6-4-19-18-7-11-34-22(18)15-35-24(19)23(21)25(29)30/h1-7,11,14H,8-10,12-13,15H2,(H,29,30)(H,31,32)/p-1. The second-order valence-electron chi connectivity index (χ2n) is 8.22. The van der Waals surface area contributed by atoms with Gasteiger partial charge in [-0.15, -0.1) is 0 Å². The fourth-order valence-electron chi connectivity index (χ4n) is 4.39. The van der Waals surface area contributed by atoms with Gasteiger partial charge in [0.15, 0.2) is 0 Å². The third-order valence-electron chi connectivity index (χ3n) is 6.07. The van der Waals surface area contributed by atoms with Crippen LogP contribution in [-0.2, 0) is 22.6 Å². The predicted octanol–water partition coefficient (Wildman–Crippen LogP) is 3.95. The quantitative estimate of drug-likeness (QED) is 0.472. The molecule has 3 heterocycles. The van der Waals surface area contributed by atoms with Gasteiger partial charge in [0.25, 0.3) is 0 Å². The number of halogens is 1. The van der Waals surface area contributed by atoms with E-state index in [0.717, 1.165) is 23.5 Å². The second kappa shape index (κ2) is 10.2. The number of fused-ring (bicyclic) bond motifs is 3. The highest BCUT2D eigenvalue weighted by molar-refractivity contribution is 7.81. The number of carboxylic acid groups (broad SMARTS) is 1. The number of nitrogens with zero attached hydrogens (tertiary/aromatic N) is 2. The van der Waals surface area contributed by atoms with Crippen molar-refractivity contribution in [3.8, 4) is 16.9 Å². The van der Waals surface area contributed by atoms with Crippen molar-refractivity contribution < 1.29 is 36.9 Å². The molecule has 36 heavy (non-hydrogen) atoms. The molecule has 2 aliphatic heterocycles. The van der Waals surface area contributed by atoms with Gasteiger partial charge >= 0.3 is 5.97 Å².